The van der Waals surface area contributed by atoms with Crippen molar-refractivity contribution in [3.05, 3.63) is 29.6 Å². The number of nitrogens with two attached hydrogens (primary N) is 1. The molecule has 0 amide bonds. The molecule has 2 heterocycles. The molecule has 2 N–H and O–H groups in total. The molecule has 2 aliphatic rings. The second kappa shape index (κ2) is 5.93. The molecule has 2 aliphatic heterocycles. The van der Waals surface area contributed by atoms with E-state index in [1.165, 1.54) is 25.5 Å². The minimum absolute atomic E-state index is 0.176. The van der Waals surface area contributed by atoms with E-state index in [-0.39, 0.29) is 11.9 Å². The van der Waals surface area contributed by atoms with Gasteiger partial charge in [-0.2, -0.15) is 0 Å². The molecule has 1 aromatic rings. The van der Waals surface area contributed by atoms with Gasteiger partial charge in [-0.1, -0.05) is 6.07 Å². The maximum atomic E-state index is 14.1. The van der Waals surface area contributed by atoms with Crippen molar-refractivity contribution >= 4 is 5.69 Å². The largest absolute Gasteiger partial charge is 0.371 e. The van der Waals surface area contributed by atoms with Crippen LogP contribution in [0, 0.1) is 11.7 Å². The van der Waals surface area contributed by atoms with E-state index in [2.05, 4.69) is 16.8 Å². The fourth-order valence-electron chi connectivity index (χ4n) is 4.12. The lowest BCUT2D eigenvalue weighted by molar-refractivity contribution is 0.102. The van der Waals surface area contributed by atoms with Crippen molar-refractivity contribution in [1.29, 1.82) is 0 Å². The van der Waals surface area contributed by atoms with Crippen LogP contribution in [0.3, 0.4) is 0 Å². The van der Waals surface area contributed by atoms with Gasteiger partial charge in [0.1, 0.15) is 5.82 Å². The van der Waals surface area contributed by atoms with Gasteiger partial charge in [0.2, 0.25) is 0 Å². The summed E-state index contributed by atoms with van der Waals surface area (Å²) in [6.45, 7) is 5.10. The van der Waals surface area contributed by atoms with Gasteiger partial charge in [-0.25, -0.2) is 4.39 Å². The molecular formula is C17H26FN3. The lowest BCUT2D eigenvalue weighted by Crippen LogP contribution is -2.53. The third-order valence-electron chi connectivity index (χ3n) is 5.17. The highest BCUT2D eigenvalue weighted by Crippen LogP contribution is 2.35. The number of fused-ring (bicyclic) bond motifs is 1. The molecule has 3 unspecified atom stereocenters. The predicted molar refractivity (Wildman–Crippen MR) is 85.0 cm³/mol. The number of piperidine rings is 2. The van der Waals surface area contributed by atoms with Crippen LogP contribution >= 0.6 is 0 Å². The number of anilines is 1. The number of likely N-dealkylation sites (tertiary alicyclic amines) is 1. The van der Waals surface area contributed by atoms with Crippen molar-refractivity contribution in [3.8, 4) is 0 Å². The van der Waals surface area contributed by atoms with Crippen LogP contribution in [0.2, 0.25) is 0 Å². The van der Waals surface area contributed by atoms with Crippen molar-refractivity contribution in [2.75, 3.05) is 31.6 Å². The predicted octanol–water partition coefficient (Wildman–Crippen LogP) is 2.77. The van der Waals surface area contributed by atoms with Gasteiger partial charge in [-0.3, -0.25) is 0 Å². The van der Waals surface area contributed by atoms with E-state index in [1.807, 2.05) is 13.0 Å². The van der Waals surface area contributed by atoms with Crippen molar-refractivity contribution in [3.63, 3.8) is 0 Å². The summed E-state index contributed by atoms with van der Waals surface area (Å²) in [5, 5.41) is 0. The zero-order valence-electron chi connectivity index (χ0n) is 13.1. The highest BCUT2D eigenvalue weighted by molar-refractivity contribution is 5.56. The van der Waals surface area contributed by atoms with E-state index in [1.54, 1.807) is 6.07 Å². The maximum absolute atomic E-state index is 14.1. The van der Waals surface area contributed by atoms with Crippen molar-refractivity contribution in [2.24, 2.45) is 11.7 Å². The van der Waals surface area contributed by atoms with Crippen LogP contribution in [0.15, 0.2) is 18.2 Å². The summed E-state index contributed by atoms with van der Waals surface area (Å²) in [7, 11) is 2.24. The maximum Gasteiger partial charge on any atom is 0.130 e. The molecule has 0 spiro atoms. The van der Waals surface area contributed by atoms with Gasteiger partial charge >= 0.3 is 0 Å². The monoisotopic (exact) mass is 291 g/mol. The lowest BCUT2D eigenvalue weighted by Gasteiger charge is -2.47. The van der Waals surface area contributed by atoms with Crippen LogP contribution in [-0.2, 0) is 0 Å². The number of hydrogen-bond acceptors (Lipinski definition) is 3. The van der Waals surface area contributed by atoms with Gasteiger partial charge < -0.3 is 15.5 Å². The van der Waals surface area contributed by atoms with Crippen molar-refractivity contribution in [1.82, 2.24) is 4.90 Å². The second-order valence-electron chi connectivity index (χ2n) is 6.65. The Labute approximate surface area is 126 Å². The summed E-state index contributed by atoms with van der Waals surface area (Å²) in [6.07, 6.45) is 3.72. The van der Waals surface area contributed by atoms with Gasteiger partial charge in [0, 0.05) is 36.4 Å². The molecule has 3 atom stereocenters. The minimum Gasteiger partial charge on any atom is -0.371 e. The van der Waals surface area contributed by atoms with Gasteiger partial charge in [-0.15, -0.1) is 0 Å². The molecule has 0 bridgehead atoms. The smallest absolute Gasteiger partial charge is 0.130 e. The summed E-state index contributed by atoms with van der Waals surface area (Å²) < 4.78 is 14.1. The van der Waals surface area contributed by atoms with Crippen LogP contribution in [0.4, 0.5) is 10.1 Å². The molecule has 0 saturated carbocycles. The van der Waals surface area contributed by atoms with E-state index < -0.39 is 0 Å². The van der Waals surface area contributed by atoms with E-state index in [9.17, 15) is 4.39 Å². The lowest BCUT2D eigenvalue weighted by atomic mass is 9.83. The molecule has 2 fully saturated rings. The molecule has 21 heavy (non-hydrogen) atoms. The topological polar surface area (TPSA) is 32.5 Å². The normalized spacial score (nSPS) is 28.3. The third kappa shape index (κ3) is 2.79. The summed E-state index contributed by atoms with van der Waals surface area (Å²) >= 11 is 0. The van der Waals surface area contributed by atoms with Gasteiger partial charge in [0.15, 0.2) is 0 Å². The molecule has 0 radical (unpaired) electrons. The number of rotatable bonds is 2. The molecule has 116 valence electrons. The first kappa shape index (κ1) is 14.8. The van der Waals surface area contributed by atoms with Gasteiger partial charge in [0.05, 0.1) is 0 Å². The number of halogens is 1. The summed E-state index contributed by atoms with van der Waals surface area (Å²) in [6, 6.07) is 5.77. The first-order valence-corrected chi connectivity index (χ1v) is 8.07. The molecule has 3 rings (SSSR count). The highest BCUT2D eigenvalue weighted by Gasteiger charge is 2.35. The highest BCUT2D eigenvalue weighted by atomic mass is 19.1. The molecule has 0 aromatic heterocycles. The summed E-state index contributed by atoms with van der Waals surface area (Å²) in [4.78, 5) is 4.85. The molecule has 3 nitrogen and oxygen atoms in total. The van der Waals surface area contributed by atoms with E-state index in [0.717, 1.165) is 25.2 Å². The van der Waals surface area contributed by atoms with Crippen molar-refractivity contribution < 1.29 is 4.39 Å². The SMILES string of the molecule is CC(N)c1c(F)cccc1N1CCC2C(CCCN2C)C1. The Morgan fingerprint density at radius 3 is 2.86 bits per heavy atom. The zero-order valence-corrected chi connectivity index (χ0v) is 13.1. The zero-order chi connectivity index (χ0) is 15.0. The molecule has 1 aromatic carbocycles. The Morgan fingerprint density at radius 1 is 1.29 bits per heavy atom. The van der Waals surface area contributed by atoms with E-state index >= 15 is 0 Å². The quantitative estimate of drug-likeness (QED) is 0.909. The Balaban J connectivity index is 1.84. The Kier molecular flexibility index (Phi) is 4.18. The molecule has 2 saturated heterocycles. The fraction of sp³-hybridized carbons (Fsp3) is 0.647. The van der Waals surface area contributed by atoms with Crippen LogP contribution in [0.1, 0.15) is 37.8 Å². The minimum atomic E-state index is -0.270. The van der Waals surface area contributed by atoms with Crippen LogP contribution in [-0.4, -0.2) is 37.6 Å². The third-order valence-corrected chi connectivity index (χ3v) is 5.17. The van der Waals surface area contributed by atoms with Crippen molar-refractivity contribution in [2.45, 2.75) is 38.3 Å². The van der Waals surface area contributed by atoms with E-state index in [4.69, 9.17) is 5.73 Å². The first-order chi connectivity index (χ1) is 10.1. The standard InChI is InChI=1S/C17H26FN3/c1-12(19)17-14(18)6-3-7-16(17)21-10-8-15-13(11-21)5-4-9-20(15)2/h3,6-7,12-13,15H,4-5,8-11,19H2,1-2H3. The summed E-state index contributed by atoms with van der Waals surface area (Å²) in [5.74, 6) is 0.520. The Bertz CT molecular complexity index is 503. The number of hydrogen-bond donors (Lipinski definition) is 1. The van der Waals surface area contributed by atoms with Crippen LogP contribution in [0.5, 0.6) is 0 Å². The fourth-order valence-corrected chi connectivity index (χ4v) is 4.12. The number of benzene rings is 1. The van der Waals surface area contributed by atoms with E-state index in [0.29, 0.717) is 17.5 Å². The second-order valence-corrected chi connectivity index (χ2v) is 6.65. The van der Waals surface area contributed by atoms with Gasteiger partial charge in [0.25, 0.3) is 0 Å². The van der Waals surface area contributed by atoms with Gasteiger partial charge in [-0.05, 0) is 57.8 Å². The average molecular weight is 291 g/mol. The Hall–Kier alpha value is -1.13. The first-order valence-electron chi connectivity index (χ1n) is 8.07. The van der Waals surface area contributed by atoms with Crippen LogP contribution < -0.4 is 10.6 Å². The average Bonchev–Trinajstić information content (AvgIpc) is 2.46. The summed E-state index contributed by atoms with van der Waals surface area (Å²) in [5.41, 5.74) is 7.66. The molecule has 4 heteroatoms. The van der Waals surface area contributed by atoms with Crippen LogP contribution in [0.25, 0.3) is 0 Å². The molecule has 0 aliphatic carbocycles. The Morgan fingerprint density at radius 2 is 2.10 bits per heavy atom. The molecular weight excluding hydrogens is 265 g/mol. The number of nitrogens with zero attached hydrogens (tertiary/aromatic N) is 2.